The molecule has 1 aliphatic carbocycles. The van der Waals surface area contributed by atoms with Gasteiger partial charge in [-0.1, -0.05) is 12.1 Å². The molecule has 0 saturated heterocycles. The molecule has 18 heavy (non-hydrogen) atoms. The molecule has 0 unspecified atom stereocenters. The Labute approximate surface area is 106 Å². The fourth-order valence-electron chi connectivity index (χ4n) is 1.66. The highest BCUT2D eigenvalue weighted by Gasteiger charge is 2.22. The van der Waals surface area contributed by atoms with E-state index in [1.54, 1.807) is 18.2 Å². The van der Waals surface area contributed by atoms with E-state index in [0.717, 1.165) is 12.8 Å². The van der Waals surface area contributed by atoms with Gasteiger partial charge in [0, 0.05) is 6.04 Å². The van der Waals surface area contributed by atoms with E-state index in [1.165, 1.54) is 6.92 Å². The van der Waals surface area contributed by atoms with Crippen LogP contribution in [0, 0.1) is 0 Å². The molecule has 1 fully saturated rings. The topological polar surface area (TPSA) is 55.4 Å². The quantitative estimate of drug-likeness (QED) is 0.781. The zero-order chi connectivity index (χ0) is 13.0. The molecule has 1 aliphatic rings. The van der Waals surface area contributed by atoms with Crippen LogP contribution in [0.1, 0.15) is 36.5 Å². The van der Waals surface area contributed by atoms with E-state index in [1.807, 2.05) is 6.07 Å². The zero-order valence-corrected chi connectivity index (χ0v) is 10.4. The first-order valence-corrected chi connectivity index (χ1v) is 6.19. The van der Waals surface area contributed by atoms with Crippen LogP contribution in [-0.2, 0) is 4.79 Å². The minimum Gasteiger partial charge on any atom is -0.492 e. The molecule has 0 radical (unpaired) electrons. The SMILES string of the molecule is CC(=O)c1ccccc1OCCC(=O)NC1CC1. The normalized spacial score (nSPS) is 14.1. The first-order chi connectivity index (χ1) is 8.66. The molecule has 0 heterocycles. The third-order valence-corrected chi connectivity index (χ3v) is 2.80. The van der Waals surface area contributed by atoms with E-state index in [9.17, 15) is 9.59 Å². The maximum Gasteiger partial charge on any atom is 0.223 e. The Morgan fingerprint density at radius 1 is 1.33 bits per heavy atom. The van der Waals surface area contributed by atoms with Crippen molar-refractivity contribution in [3.8, 4) is 5.75 Å². The molecular weight excluding hydrogens is 230 g/mol. The number of Topliss-reactive ketones (excluding diaryl/α,β-unsaturated/α-hetero) is 1. The monoisotopic (exact) mass is 247 g/mol. The van der Waals surface area contributed by atoms with E-state index in [4.69, 9.17) is 4.74 Å². The summed E-state index contributed by atoms with van der Waals surface area (Å²) in [7, 11) is 0. The molecule has 1 aromatic rings. The molecule has 4 heteroatoms. The van der Waals surface area contributed by atoms with Gasteiger partial charge in [0.15, 0.2) is 5.78 Å². The van der Waals surface area contributed by atoms with Crippen molar-refractivity contribution in [2.75, 3.05) is 6.61 Å². The molecule has 1 N–H and O–H groups in total. The molecule has 0 atom stereocenters. The van der Waals surface area contributed by atoms with Crippen LogP contribution in [0.25, 0.3) is 0 Å². The standard InChI is InChI=1S/C14H17NO3/c1-10(16)12-4-2-3-5-13(12)18-9-8-14(17)15-11-6-7-11/h2-5,11H,6-9H2,1H3,(H,15,17). The van der Waals surface area contributed by atoms with Crippen molar-refractivity contribution in [2.45, 2.75) is 32.2 Å². The number of rotatable bonds is 6. The highest BCUT2D eigenvalue weighted by Crippen LogP contribution is 2.20. The Hall–Kier alpha value is -1.84. The van der Waals surface area contributed by atoms with Crippen LogP contribution in [0.4, 0.5) is 0 Å². The van der Waals surface area contributed by atoms with Crippen LogP contribution < -0.4 is 10.1 Å². The van der Waals surface area contributed by atoms with Crippen molar-refractivity contribution in [3.05, 3.63) is 29.8 Å². The van der Waals surface area contributed by atoms with Gasteiger partial charge in [-0.05, 0) is 31.9 Å². The van der Waals surface area contributed by atoms with Gasteiger partial charge in [0.1, 0.15) is 5.75 Å². The first kappa shape index (κ1) is 12.6. The predicted octanol–water partition coefficient (Wildman–Crippen LogP) is 1.94. The van der Waals surface area contributed by atoms with Gasteiger partial charge in [0.25, 0.3) is 0 Å². The van der Waals surface area contributed by atoms with E-state index < -0.39 is 0 Å². The van der Waals surface area contributed by atoms with E-state index >= 15 is 0 Å². The number of ketones is 1. The molecular formula is C14H17NO3. The van der Waals surface area contributed by atoms with Crippen LogP contribution in [-0.4, -0.2) is 24.3 Å². The van der Waals surface area contributed by atoms with Crippen molar-refractivity contribution in [1.82, 2.24) is 5.32 Å². The summed E-state index contributed by atoms with van der Waals surface area (Å²) in [4.78, 5) is 22.8. The molecule has 1 aromatic carbocycles. The number of ether oxygens (including phenoxy) is 1. The van der Waals surface area contributed by atoms with Crippen LogP contribution in [0.3, 0.4) is 0 Å². The van der Waals surface area contributed by atoms with Crippen molar-refractivity contribution < 1.29 is 14.3 Å². The zero-order valence-electron chi connectivity index (χ0n) is 10.4. The van der Waals surface area contributed by atoms with Gasteiger partial charge in [-0.3, -0.25) is 9.59 Å². The summed E-state index contributed by atoms with van der Waals surface area (Å²) in [5, 5.41) is 2.89. The van der Waals surface area contributed by atoms with Crippen LogP contribution >= 0.6 is 0 Å². The molecule has 0 spiro atoms. The Kier molecular flexibility index (Phi) is 3.97. The number of carbonyl (C=O) groups is 2. The average Bonchev–Trinajstić information content (AvgIpc) is 3.13. The van der Waals surface area contributed by atoms with Gasteiger partial charge in [-0.2, -0.15) is 0 Å². The molecule has 1 saturated carbocycles. The number of para-hydroxylation sites is 1. The highest BCUT2D eigenvalue weighted by molar-refractivity contribution is 5.96. The molecule has 1 amide bonds. The van der Waals surface area contributed by atoms with Crippen molar-refractivity contribution in [3.63, 3.8) is 0 Å². The third kappa shape index (κ3) is 3.58. The molecule has 0 aliphatic heterocycles. The lowest BCUT2D eigenvalue weighted by Gasteiger charge is -2.09. The lowest BCUT2D eigenvalue weighted by Crippen LogP contribution is -2.26. The molecule has 96 valence electrons. The van der Waals surface area contributed by atoms with Crippen LogP contribution in [0.2, 0.25) is 0 Å². The minimum atomic E-state index is -0.0342. The summed E-state index contributed by atoms with van der Waals surface area (Å²) in [6.07, 6.45) is 2.49. The maximum atomic E-state index is 11.4. The van der Waals surface area contributed by atoms with Crippen LogP contribution in [0.5, 0.6) is 5.75 Å². The maximum absolute atomic E-state index is 11.4. The number of hydrogen-bond donors (Lipinski definition) is 1. The van der Waals surface area contributed by atoms with Gasteiger partial charge in [-0.15, -0.1) is 0 Å². The average molecular weight is 247 g/mol. The number of benzene rings is 1. The molecule has 0 bridgehead atoms. The third-order valence-electron chi connectivity index (χ3n) is 2.80. The van der Waals surface area contributed by atoms with Crippen molar-refractivity contribution >= 4 is 11.7 Å². The van der Waals surface area contributed by atoms with E-state index in [-0.39, 0.29) is 11.7 Å². The van der Waals surface area contributed by atoms with Gasteiger partial charge in [-0.25, -0.2) is 0 Å². The number of hydrogen-bond acceptors (Lipinski definition) is 3. The summed E-state index contributed by atoms with van der Waals surface area (Å²) in [5.41, 5.74) is 0.556. The fraction of sp³-hybridized carbons (Fsp3) is 0.429. The van der Waals surface area contributed by atoms with Crippen molar-refractivity contribution in [1.29, 1.82) is 0 Å². The van der Waals surface area contributed by atoms with E-state index in [2.05, 4.69) is 5.32 Å². The highest BCUT2D eigenvalue weighted by atomic mass is 16.5. The number of carbonyl (C=O) groups excluding carboxylic acids is 2. The molecule has 2 rings (SSSR count). The van der Waals surface area contributed by atoms with Gasteiger partial charge < -0.3 is 10.1 Å². The molecule has 0 aromatic heterocycles. The Morgan fingerprint density at radius 2 is 2.06 bits per heavy atom. The number of amides is 1. The number of nitrogens with one attached hydrogen (secondary N) is 1. The lowest BCUT2D eigenvalue weighted by atomic mass is 10.1. The second kappa shape index (κ2) is 5.67. The Bertz CT molecular complexity index is 452. The minimum absolute atomic E-state index is 0.0119. The van der Waals surface area contributed by atoms with Crippen molar-refractivity contribution in [2.24, 2.45) is 0 Å². The first-order valence-electron chi connectivity index (χ1n) is 6.19. The summed E-state index contributed by atoms with van der Waals surface area (Å²) in [6.45, 7) is 1.80. The lowest BCUT2D eigenvalue weighted by molar-refractivity contribution is -0.121. The largest absolute Gasteiger partial charge is 0.492 e. The van der Waals surface area contributed by atoms with Gasteiger partial charge in [0.2, 0.25) is 5.91 Å². The fourth-order valence-corrected chi connectivity index (χ4v) is 1.66. The summed E-state index contributed by atoms with van der Waals surface area (Å²) in [5.74, 6) is 0.523. The Balaban J connectivity index is 1.82. The predicted molar refractivity (Wildman–Crippen MR) is 67.7 cm³/mol. The summed E-state index contributed by atoms with van der Waals surface area (Å²) in [6, 6.07) is 7.45. The Morgan fingerprint density at radius 3 is 2.72 bits per heavy atom. The van der Waals surface area contributed by atoms with Gasteiger partial charge in [0.05, 0.1) is 18.6 Å². The van der Waals surface area contributed by atoms with E-state index in [0.29, 0.717) is 30.4 Å². The summed E-state index contributed by atoms with van der Waals surface area (Å²) < 4.78 is 5.49. The smallest absolute Gasteiger partial charge is 0.223 e. The van der Waals surface area contributed by atoms with Crippen LogP contribution in [0.15, 0.2) is 24.3 Å². The second-order valence-electron chi connectivity index (χ2n) is 4.49. The molecule has 4 nitrogen and oxygen atoms in total. The summed E-state index contributed by atoms with van der Waals surface area (Å²) >= 11 is 0. The van der Waals surface area contributed by atoms with Gasteiger partial charge >= 0.3 is 0 Å². The second-order valence-corrected chi connectivity index (χ2v) is 4.49.